The van der Waals surface area contributed by atoms with Gasteiger partial charge in [0, 0.05) is 36.5 Å². The highest BCUT2D eigenvalue weighted by molar-refractivity contribution is 5.85. The van der Waals surface area contributed by atoms with Gasteiger partial charge in [-0.05, 0) is 24.6 Å². The summed E-state index contributed by atoms with van der Waals surface area (Å²) >= 11 is 0. The second kappa shape index (κ2) is 5.00. The van der Waals surface area contributed by atoms with Crippen LogP contribution >= 0.6 is 0 Å². The van der Waals surface area contributed by atoms with E-state index in [4.69, 9.17) is 0 Å². The van der Waals surface area contributed by atoms with E-state index in [1.807, 2.05) is 13.0 Å². The van der Waals surface area contributed by atoms with Crippen molar-refractivity contribution >= 4 is 6.29 Å². The van der Waals surface area contributed by atoms with Crippen molar-refractivity contribution in [3.63, 3.8) is 0 Å². The summed E-state index contributed by atoms with van der Waals surface area (Å²) < 4.78 is 1.49. The molecule has 0 aliphatic heterocycles. The Morgan fingerprint density at radius 1 is 1.20 bits per heavy atom. The number of hydrogen-bond donors (Lipinski definition) is 0. The van der Waals surface area contributed by atoms with Crippen LogP contribution < -0.4 is 0 Å². The van der Waals surface area contributed by atoms with Crippen LogP contribution in [-0.2, 0) is 0 Å². The van der Waals surface area contributed by atoms with Crippen LogP contribution in [0.25, 0.3) is 17.2 Å². The zero-order valence-corrected chi connectivity index (χ0v) is 10.8. The molecule has 98 valence electrons. The molecule has 0 N–H and O–H groups in total. The van der Waals surface area contributed by atoms with Crippen LogP contribution in [0.1, 0.15) is 15.9 Å². The fraction of sp³-hybridized carbons (Fsp3) is 0.0714. The topological polar surface area (TPSA) is 73.6 Å². The summed E-state index contributed by atoms with van der Waals surface area (Å²) in [5.74, 6) is 0.419. The number of aromatic nitrogens is 5. The van der Waals surface area contributed by atoms with Gasteiger partial charge in [-0.25, -0.2) is 14.6 Å². The molecule has 3 heterocycles. The lowest BCUT2D eigenvalue weighted by Gasteiger charge is -1.99. The Morgan fingerprint density at radius 2 is 2.00 bits per heavy atom. The molecule has 6 heteroatoms. The normalized spacial score (nSPS) is 10.4. The third-order valence-electron chi connectivity index (χ3n) is 2.77. The third kappa shape index (κ3) is 2.18. The van der Waals surface area contributed by atoms with Crippen molar-refractivity contribution in [3.05, 3.63) is 54.2 Å². The van der Waals surface area contributed by atoms with Gasteiger partial charge in [-0.2, -0.15) is 5.10 Å². The van der Waals surface area contributed by atoms with Crippen molar-refractivity contribution in [1.82, 2.24) is 24.7 Å². The van der Waals surface area contributed by atoms with E-state index in [-0.39, 0.29) is 0 Å². The van der Waals surface area contributed by atoms with E-state index in [9.17, 15) is 4.79 Å². The SMILES string of the molecule is Cc1cncc(-c2nn(-c3ncccn3)cc2C=O)c1. The number of aryl methyl sites for hydroxylation is 1. The van der Waals surface area contributed by atoms with E-state index in [1.165, 1.54) is 4.68 Å². The number of carbonyl (C=O) groups excluding carboxylic acids is 1. The predicted molar refractivity (Wildman–Crippen MR) is 72.5 cm³/mol. The Labute approximate surface area is 115 Å². The maximum atomic E-state index is 11.2. The van der Waals surface area contributed by atoms with E-state index in [2.05, 4.69) is 20.1 Å². The molecular formula is C14H11N5O. The van der Waals surface area contributed by atoms with Gasteiger partial charge in [0.25, 0.3) is 0 Å². The van der Waals surface area contributed by atoms with Crippen molar-refractivity contribution in [1.29, 1.82) is 0 Å². The summed E-state index contributed by atoms with van der Waals surface area (Å²) in [5.41, 5.74) is 2.85. The Balaban J connectivity index is 2.13. The van der Waals surface area contributed by atoms with Gasteiger partial charge in [0.15, 0.2) is 6.29 Å². The first-order chi connectivity index (χ1) is 9.78. The maximum absolute atomic E-state index is 11.2. The molecule has 0 saturated carbocycles. The molecule has 0 atom stereocenters. The number of hydrogen-bond acceptors (Lipinski definition) is 5. The zero-order valence-electron chi connectivity index (χ0n) is 10.8. The van der Waals surface area contributed by atoms with E-state index >= 15 is 0 Å². The molecule has 6 nitrogen and oxygen atoms in total. The third-order valence-corrected chi connectivity index (χ3v) is 2.77. The molecule has 0 aliphatic rings. The lowest BCUT2D eigenvalue weighted by Crippen LogP contribution is -2.00. The molecule has 3 rings (SSSR count). The van der Waals surface area contributed by atoms with Gasteiger partial charge in [0.1, 0.15) is 5.69 Å². The molecule has 3 aromatic rings. The Kier molecular flexibility index (Phi) is 3.04. The maximum Gasteiger partial charge on any atom is 0.250 e. The second-order valence-electron chi connectivity index (χ2n) is 4.30. The fourth-order valence-corrected chi connectivity index (χ4v) is 1.89. The largest absolute Gasteiger partial charge is 0.298 e. The minimum Gasteiger partial charge on any atom is -0.298 e. The molecule has 20 heavy (non-hydrogen) atoms. The molecule has 0 saturated heterocycles. The minimum atomic E-state index is 0.419. The summed E-state index contributed by atoms with van der Waals surface area (Å²) in [6.45, 7) is 1.94. The second-order valence-corrected chi connectivity index (χ2v) is 4.30. The first-order valence-corrected chi connectivity index (χ1v) is 6.02. The van der Waals surface area contributed by atoms with Crippen molar-refractivity contribution in [2.24, 2.45) is 0 Å². The lowest BCUT2D eigenvalue weighted by atomic mass is 10.1. The molecule has 0 fully saturated rings. The van der Waals surface area contributed by atoms with Crippen LogP contribution in [0.3, 0.4) is 0 Å². The van der Waals surface area contributed by atoms with Gasteiger partial charge in [-0.15, -0.1) is 0 Å². The van der Waals surface area contributed by atoms with E-state index in [0.717, 1.165) is 17.4 Å². The fourth-order valence-electron chi connectivity index (χ4n) is 1.89. The summed E-state index contributed by atoms with van der Waals surface area (Å²) in [6, 6.07) is 3.65. The molecule has 0 aromatic carbocycles. The van der Waals surface area contributed by atoms with Crippen molar-refractivity contribution < 1.29 is 4.79 Å². The molecule has 0 spiro atoms. The van der Waals surface area contributed by atoms with Crippen molar-refractivity contribution in [2.45, 2.75) is 6.92 Å². The highest BCUT2D eigenvalue weighted by Crippen LogP contribution is 2.21. The first kappa shape index (κ1) is 12.2. The summed E-state index contributed by atoms with van der Waals surface area (Å²) in [4.78, 5) is 23.6. The van der Waals surface area contributed by atoms with E-state index < -0.39 is 0 Å². The van der Waals surface area contributed by atoms with Crippen LogP contribution in [0.2, 0.25) is 0 Å². The summed E-state index contributed by atoms with van der Waals surface area (Å²) in [5, 5.41) is 4.38. The zero-order chi connectivity index (χ0) is 13.9. The van der Waals surface area contributed by atoms with Gasteiger partial charge < -0.3 is 0 Å². The Morgan fingerprint density at radius 3 is 2.70 bits per heavy atom. The Bertz CT molecular complexity index is 751. The number of rotatable bonds is 3. The summed E-state index contributed by atoms with van der Waals surface area (Å²) in [7, 11) is 0. The van der Waals surface area contributed by atoms with Crippen LogP contribution in [0.5, 0.6) is 0 Å². The van der Waals surface area contributed by atoms with Crippen molar-refractivity contribution in [3.8, 4) is 17.2 Å². The average molecular weight is 265 g/mol. The molecule has 0 aliphatic carbocycles. The smallest absolute Gasteiger partial charge is 0.250 e. The molecule has 0 amide bonds. The highest BCUT2D eigenvalue weighted by Gasteiger charge is 2.13. The Hall–Kier alpha value is -2.89. The molecule has 3 aromatic heterocycles. The van der Waals surface area contributed by atoms with Crippen molar-refractivity contribution in [2.75, 3.05) is 0 Å². The predicted octanol–water partition coefficient (Wildman–Crippen LogP) is 1.85. The van der Waals surface area contributed by atoms with Gasteiger partial charge in [0.2, 0.25) is 5.95 Å². The highest BCUT2D eigenvalue weighted by atomic mass is 16.1. The molecular weight excluding hydrogens is 254 g/mol. The van der Waals surface area contributed by atoms with E-state index in [1.54, 1.807) is 37.1 Å². The lowest BCUT2D eigenvalue weighted by molar-refractivity contribution is 0.112. The monoisotopic (exact) mass is 265 g/mol. The summed E-state index contributed by atoms with van der Waals surface area (Å²) in [6.07, 6.45) is 9.06. The quantitative estimate of drug-likeness (QED) is 0.675. The van der Waals surface area contributed by atoms with Crippen LogP contribution in [0.15, 0.2) is 43.1 Å². The van der Waals surface area contributed by atoms with E-state index in [0.29, 0.717) is 17.2 Å². The average Bonchev–Trinajstić information content (AvgIpc) is 2.92. The first-order valence-electron chi connectivity index (χ1n) is 6.02. The van der Waals surface area contributed by atoms with Gasteiger partial charge in [-0.1, -0.05) is 0 Å². The van der Waals surface area contributed by atoms with Gasteiger partial charge in [-0.3, -0.25) is 9.78 Å². The van der Waals surface area contributed by atoms with Crippen LogP contribution in [0.4, 0.5) is 0 Å². The van der Waals surface area contributed by atoms with Gasteiger partial charge >= 0.3 is 0 Å². The molecule has 0 bridgehead atoms. The number of nitrogens with zero attached hydrogens (tertiary/aromatic N) is 5. The minimum absolute atomic E-state index is 0.419. The number of aldehydes is 1. The van der Waals surface area contributed by atoms with Crippen LogP contribution in [0, 0.1) is 6.92 Å². The number of carbonyl (C=O) groups is 1. The molecule has 0 unspecified atom stereocenters. The standard InChI is InChI=1S/C14H11N5O/c1-10-5-11(7-15-6-10)13-12(9-20)8-19(18-13)14-16-3-2-4-17-14/h2-9H,1H3. The molecule has 0 radical (unpaired) electrons. The van der Waals surface area contributed by atoms with Crippen LogP contribution in [-0.4, -0.2) is 31.0 Å². The van der Waals surface area contributed by atoms with Gasteiger partial charge in [0.05, 0.1) is 5.56 Å². The number of pyridine rings is 1.